The molecule has 1 N–H and O–H groups in total. The average Bonchev–Trinajstić information content (AvgIpc) is 2.46. The molecular formula is C16H17NOS. The van der Waals surface area contributed by atoms with Crippen LogP contribution in [-0.2, 0) is 6.54 Å². The molecule has 0 unspecified atom stereocenters. The number of hydrogen-bond acceptors (Lipinski definition) is 2. The minimum Gasteiger partial charge on any atom is -0.497 e. The third-order valence-corrected chi connectivity index (χ3v) is 3.31. The molecule has 0 aliphatic rings. The van der Waals surface area contributed by atoms with Gasteiger partial charge < -0.3 is 10.1 Å². The predicted molar refractivity (Wildman–Crippen MR) is 82.7 cm³/mol. The van der Waals surface area contributed by atoms with Crippen molar-refractivity contribution in [2.75, 3.05) is 7.11 Å². The standard InChI is InChI=1S/C16H17NOS/c1-12-3-7-14(8-4-12)16(19)17-11-13-5-9-15(18-2)10-6-13/h3-10H,11H2,1-2H3,(H,17,19). The molecular weight excluding hydrogens is 254 g/mol. The van der Waals surface area contributed by atoms with Gasteiger partial charge in [-0.3, -0.25) is 0 Å². The average molecular weight is 271 g/mol. The van der Waals surface area contributed by atoms with Gasteiger partial charge in [0, 0.05) is 12.1 Å². The van der Waals surface area contributed by atoms with E-state index in [-0.39, 0.29) is 0 Å². The summed E-state index contributed by atoms with van der Waals surface area (Å²) >= 11 is 5.38. The molecule has 0 aliphatic carbocycles. The number of nitrogens with one attached hydrogen (secondary N) is 1. The van der Waals surface area contributed by atoms with E-state index in [9.17, 15) is 0 Å². The van der Waals surface area contributed by atoms with E-state index >= 15 is 0 Å². The summed E-state index contributed by atoms with van der Waals surface area (Å²) in [6, 6.07) is 16.2. The van der Waals surface area contributed by atoms with Crippen LogP contribution in [-0.4, -0.2) is 12.1 Å². The van der Waals surface area contributed by atoms with Crippen molar-refractivity contribution < 1.29 is 4.74 Å². The zero-order valence-corrected chi connectivity index (χ0v) is 12.0. The fraction of sp³-hybridized carbons (Fsp3) is 0.188. The number of benzene rings is 2. The van der Waals surface area contributed by atoms with E-state index in [4.69, 9.17) is 17.0 Å². The highest BCUT2D eigenvalue weighted by atomic mass is 32.1. The van der Waals surface area contributed by atoms with Crippen molar-refractivity contribution in [3.63, 3.8) is 0 Å². The SMILES string of the molecule is COc1ccc(CNC(=S)c2ccc(C)cc2)cc1. The van der Waals surface area contributed by atoms with Crippen molar-refractivity contribution in [1.29, 1.82) is 0 Å². The Morgan fingerprint density at radius 2 is 1.68 bits per heavy atom. The summed E-state index contributed by atoms with van der Waals surface area (Å²) in [4.78, 5) is 0.774. The van der Waals surface area contributed by atoms with E-state index in [0.29, 0.717) is 0 Å². The van der Waals surface area contributed by atoms with Crippen LogP contribution in [0.4, 0.5) is 0 Å². The van der Waals surface area contributed by atoms with Crippen LogP contribution in [0.1, 0.15) is 16.7 Å². The summed E-state index contributed by atoms with van der Waals surface area (Å²) in [5.41, 5.74) is 3.46. The minimum atomic E-state index is 0.719. The Balaban J connectivity index is 1.94. The first kappa shape index (κ1) is 13.6. The van der Waals surface area contributed by atoms with Crippen LogP contribution in [0.2, 0.25) is 0 Å². The Bertz CT molecular complexity index is 546. The second kappa shape index (κ2) is 6.34. The van der Waals surface area contributed by atoms with Crippen LogP contribution in [0.3, 0.4) is 0 Å². The van der Waals surface area contributed by atoms with Gasteiger partial charge in [0.15, 0.2) is 0 Å². The third kappa shape index (κ3) is 3.80. The van der Waals surface area contributed by atoms with E-state index in [2.05, 4.69) is 24.4 Å². The van der Waals surface area contributed by atoms with Gasteiger partial charge in [-0.25, -0.2) is 0 Å². The molecule has 0 aromatic heterocycles. The Morgan fingerprint density at radius 1 is 1.05 bits per heavy atom. The lowest BCUT2D eigenvalue weighted by Crippen LogP contribution is -2.21. The molecule has 19 heavy (non-hydrogen) atoms. The summed E-state index contributed by atoms with van der Waals surface area (Å²) < 4.78 is 5.13. The van der Waals surface area contributed by atoms with E-state index in [0.717, 1.165) is 22.8 Å². The van der Waals surface area contributed by atoms with Crippen molar-refractivity contribution in [2.24, 2.45) is 0 Å². The second-order valence-corrected chi connectivity index (χ2v) is 4.81. The molecule has 0 aliphatic heterocycles. The molecule has 2 aromatic rings. The highest BCUT2D eigenvalue weighted by molar-refractivity contribution is 7.80. The molecule has 0 heterocycles. The summed E-state index contributed by atoms with van der Waals surface area (Å²) in [7, 11) is 1.67. The number of rotatable bonds is 4. The highest BCUT2D eigenvalue weighted by Gasteiger charge is 2.00. The molecule has 0 saturated heterocycles. The lowest BCUT2D eigenvalue weighted by molar-refractivity contribution is 0.414. The first-order valence-corrected chi connectivity index (χ1v) is 6.57. The predicted octanol–water partition coefficient (Wildman–Crippen LogP) is 3.47. The summed E-state index contributed by atoms with van der Waals surface area (Å²) in [6.07, 6.45) is 0. The van der Waals surface area contributed by atoms with Crippen molar-refractivity contribution in [3.05, 3.63) is 65.2 Å². The normalized spacial score (nSPS) is 10.0. The van der Waals surface area contributed by atoms with Crippen molar-refractivity contribution in [2.45, 2.75) is 13.5 Å². The lowest BCUT2D eigenvalue weighted by atomic mass is 10.1. The molecule has 0 bridgehead atoms. The van der Waals surface area contributed by atoms with Crippen LogP contribution in [0.25, 0.3) is 0 Å². The van der Waals surface area contributed by atoms with Crippen molar-refractivity contribution >= 4 is 17.2 Å². The van der Waals surface area contributed by atoms with Crippen LogP contribution >= 0.6 is 12.2 Å². The summed E-state index contributed by atoms with van der Waals surface area (Å²) in [5, 5.41) is 3.26. The van der Waals surface area contributed by atoms with Crippen LogP contribution in [0.5, 0.6) is 5.75 Å². The molecule has 98 valence electrons. The molecule has 0 saturated carbocycles. The molecule has 0 radical (unpaired) electrons. The zero-order valence-electron chi connectivity index (χ0n) is 11.1. The fourth-order valence-electron chi connectivity index (χ4n) is 1.73. The topological polar surface area (TPSA) is 21.3 Å². The van der Waals surface area contributed by atoms with E-state index in [1.165, 1.54) is 11.1 Å². The van der Waals surface area contributed by atoms with Gasteiger partial charge in [0.2, 0.25) is 0 Å². The van der Waals surface area contributed by atoms with Gasteiger partial charge in [-0.15, -0.1) is 0 Å². The number of hydrogen-bond donors (Lipinski definition) is 1. The molecule has 3 heteroatoms. The lowest BCUT2D eigenvalue weighted by Gasteiger charge is -2.09. The second-order valence-electron chi connectivity index (χ2n) is 4.40. The molecule has 2 rings (SSSR count). The fourth-order valence-corrected chi connectivity index (χ4v) is 1.94. The zero-order chi connectivity index (χ0) is 13.7. The summed E-state index contributed by atoms with van der Waals surface area (Å²) in [6.45, 7) is 2.79. The Kier molecular flexibility index (Phi) is 4.53. The smallest absolute Gasteiger partial charge is 0.118 e. The molecule has 0 fully saturated rings. The maximum atomic E-state index is 5.38. The maximum Gasteiger partial charge on any atom is 0.118 e. The number of ether oxygens (including phenoxy) is 1. The van der Waals surface area contributed by atoms with Gasteiger partial charge in [-0.1, -0.05) is 54.2 Å². The van der Waals surface area contributed by atoms with Gasteiger partial charge in [0.1, 0.15) is 10.7 Å². The minimum absolute atomic E-state index is 0.719. The highest BCUT2D eigenvalue weighted by Crippen LogP contribution is 2.11. The van der Waals surface area contributed by atoms with Crippen LogP contribution in [0.15, 0.2) is 48.5 Å². The molecule has 2 nitrogen and oxygen atoms in total. The number of methoxy groups -OCH3 is 1. The van der Waals surface area contributed by atoms with E-state index in [1.807, 2.05) is 36.4 Å². The largest absolute Gasteiger partial charge is 0.497 e. The molecule has 0 atom stereocenters. The maximum absolute atomic E-state index is 5.38. The van der Waals surface area contributed by atoms with Gasteiger partial charge in [-0.2, -0.15) is 0 Å². The Labute approximate surface area is 119 Å². The van der Waals surface area contributed by atoms with Crippen molar-refractivity contribution in [1.82, 2.24) is 5.32 Å². The van der Waals surface area contributed by atoms with E-state index < -0.39 is 0 Å². The Hall–Kier alpha value is -1.87. The van der Waals surface area contributed by atoms with Crippen molar-refractivity contribution in [3.8, 4) is 5.75 Å². The first-order chi connectivity index (χ1) is 9.19. The number of thiocarbonyl (C=S) groups is 1. The van der Waals surface area contributed by atoms with Gasteiger partial charge in [-0.05, 0) is 24.6 Å². The van der Waals surface area contributed by atoms with Gasteiger partial charge in [0.25, 0.3) is 0 Å². The van der Waals surface area contributed by atoms with Crippen LogP contribution in [0, 0.1) is 6.92 Å². The Morgan fingerprint density at radius 3 is 2.26 bits per heavy atom. The quantitative estimate of drug-likeness (QED) is 0.860. The summed E-state index contributed by atoms with van der Waals surface area (Å²) in [5.74, 6) is 0.866. The van der Waals surface area contributed by atoms with Gasteiger partial charge in [0.05, 0.1) is 7.11 Å². The molecule has 2 aromatic carbocycles. The van der Waals surface area contributed by atoms with Gasteiger partial charge >= 0.3 is 0 Å². The molecule has 0 spiro atoms. The monoisotopic (exact) mass is 271 g/mol. The number of aryl methyl sites for hydroxylation is 1. The van der Waals surface area contributed by atoms with Crippen LogP contribution < -0.4 is 10.1 Å². The third-order valence-electron chi connectivity index (χ3n) is 2.93. The van der Waals surface area contributed by atoms with E-state index in [1.54, 1.807) is 7.11 Å². The molecule has 0 amide bonds. The first-order valence-electron chi connectivity index (χ1n) is 6.17.